The molecule has 0 atom stereocenters. The molecular weight excluding hydrogens is 540 g/mol. The van der Waals surface area contributed by atoms with Crippen molar-refractivity contribution in [3.8, 4) is 17.1 Å². The number of methoxy groups -OCH3 is 1. The molecule has 2 aromatic heterocycles. The van der Waals surface area contributed by atoms with Crippen molar-refractivity contribution < 1.29 is 9.53 Å². The second-order valence-corrected chi connectivity index (χ2v) is 11.8. The third kappa shape index (κ3) is 5.20. The molecule has 10 heteroatoms. The van der Waals surface area contributed by atoms with Gasteiger partial charge in [0.05, 0.1) is 24.2 Å². The highest BCUT2D eigenvalue weighted by atomic mass is 16.5. The van der Waals surface area contributed by atoms with Crippen molar-refractivity contribution in [1.82, 2.24) is 24.6 Å². The number of hydrogen-bond acceptors (Lipinski definition) is 8. The first-order valence-electron chi connectivity index (χ1n) is 15.2. The maximum atomic E-state index is 13.6. The van der Waals surface area contributed by atoms with Crippen molar-refractivity contribution in [3.05, 3.63) is 70.5 Å². The summed E-state index contributed by atoms with van der Waals surface area (Å²) in [5.74, 6) is 1.04. The van der Waals surface area contributed by atoms with E-state index in [4.69, 9.17) is 14.8 Å². The Hall–Kier alpha value is -4.44. The molecule has 2 N–H and O–H groups in total. The highest BCUT2D eigenvalue weighted by molar-refractivity contribution is 6.05. The van der Waals surface area contributed by atoms with Gasteiger partial charge in [0.25, 0.3) is 5.91 Å². The third-order valence-corrected chi connectivity index (χ3v) is 9.04. The number of amides is 1. The van der Waals surface area contributed by atoms with Crippen molar-refractivity contribution in [2.45, 2.75) is 38.5 Å². The molecule has 0 spiro atoms. The van der Waals surface area contributed by atoms with Crippen molar-refractivity contribution in [2.75, 3.05) is 55.9 Å². The maximum Gasteiger partial charge on any atom is 0.276 e. The Morgan fingerprint density at radius 1 is 0.907 bits per heavy atom. The zero-order chi connectivity index (χ0) is 29.5. The summed E-state index contributed by atoms with van der Waals surface area (Å²) in [6, 6.07) is 12.4. The Labute approximate surface area is 252 Å². The Kier molecular flexibility index (Phi) is 7.22. The Morgan fingerprint density at radius 2 is 1.74 bits per heavy atom. The van der Waals surface area contributed by atoms with Crippen LogP contribution in [0.5, 0.6) is 5.75 Å². The summed E-state index contributed by atoms with van der Waals surface area (Å²) in [5, 5.41) is 11.2. The summed E-state index contributed by atoms with van der Waals surface area (Å²) in [5.41, 5.74) is 9.54. The van der Waals surface area contributed by atoms with Gasteiger partial charge in [-0.1, -0.05) is 12.1 Å². The number of carbonyl (C=O) groups is 1. The highest BCUT2D eigenvalue weighted by Gasteiger charge is 2.29. The van der Waals surface area contributed by atoms with Gasteiger partial charge in [-0.2, -0.15) is 5.10 Å². The van der Waals surface area contributed by atoms with Crippen molar-refractivity contribution in [2.24, 2.45) is 7.05 Å². The summed E-state index contributed by atoms with van der Waals surface area (Å²) >= 11 is 0. The Morgan fingerprint density at radius 3 is 2.58 bits per heavy atom. The number of nitrogens with one attached hydrogen (secondary N) is 2. The van der Waals surface area contributed by atoms with Crippen LogP contribution in [0.2, 0.25) is 0 Å². The van der Waals surface area contributed by atoms with Gasteiger partial charge in [-0.25, -0.2) is 9.97 Å². The highest BCUT2D eigenvalue weighted by Crippen LogP contribution is 2.37. The van der Waals surface area contributed by atoms with E-state index in [0.717, 1.165) is 97.2 Å². The van der Waals surface area contributed by atoms with Crippen LogP contribution in [0.1, 0.15) is 45.6 Å². The average molecular weight is 579 g/mol. The molecule has 222 valence electrons. The number of piperazine rings is 1. The SMILES string of the molecule is COc1cc(N2CCN(C)CC2)ccc1Nc1ncc2c(n1)-c1c(c(C(=O)Nc3cccc4c3CCCC4)nn1C)CC2. The van der Waals surface area contributed by atoms with E-state index >= 15 is 0 Å². The predicted molar refractivity (Wildman–Crippen MR) is 169 cm³/mol. The number of anilines is 4. The first-order chi connectivity index (χ1) is 21.0. The van der Waals surface area contributed by atoms with Crippen molar-refractivity contribution in [3.63, 3.8) is 0 Å². The zero-order valence-corrected chi connectivity index (χ0v) is 25.1. The second kappa shape index (κ2) is 11.3. The topological polar surface area (TPSA) is 100 Å². The molecular formula is C33H38N8O2. The fourth-order valence-electron chi connectivity index (χ4n) is 6.64. The van der Waals surface area contributed by atoms with E-state index in [2.05, 4.69) is 50.7 Å². The fraction of sp³-hybridized carbons (Fsp3) is 0.394. The van der Waals surface area contributed by atoms with E-state index < -0.39 is 0 Å². The van der Waals surface area contributed by atoms with Gasteiger partial charge in [0, 0.05) is 62.4 Å². The van der Waals surface area contributed by atoms with E-state index in [0.29, 0.717) is 18.1 Å². The number of aromatic nitrogens is 4. The Bertz CT molecular complexity index is 1690. The standard InChI is InChI=1S/C33H38N8O2/c1-39-15-17-41(18-16-39)23-12-14-27(28(19-23)43-3)36-33-34-20-22-11-13-25-30(38-40(2)31(25)29(22)37-33)32(42)35-26-10-6-8-21-7-4-5-9-24(21)26/h6,8,10,12,14,19-20H,4-5,7,9,11,13,15-18H2,1-3H3,(H,35,42)(H,34,36,37). The minimum atomic E-state index is -0.170. The third-order valence-electron chi connectivity index (χ3n) is 9.04. The number of ether oxygens (including phenoxy) is 1. The molecule has 3 heterocycles. The van der Waals surface area contributed by atoms with Crippen LogP contribution in [0.25, 0.3) is 11.4 Å². The van der Waals surface area contributed by atoms with Gasteiger partial charge in [-0.15, -0.1) is 0 Å². The van der Waals surface area contributed by atoms with Crippen molar-refractivity contribution in [1.29, 1.82) is 0 Å². The second-order valence-electron chi connectivity index (χ2n) is 11.8. The van der Waals surface area contributed by atoms with E-state index in [1.807, 2.05) is 31.4 Å². The molecule has 10 nitrogen and oxygen atoms in total. The monoisotopic (exact) mass is 578 g/mol. The lowest BCUT2D eigenvalue weighted by molar-refractivity contribution is 0.102. The molecule has 0 bridgehead atoms. The fourth-order valence-corrected chi connectivity index (χ4v) is 6.64. The zero-order valence-electron chi connectivity index (χ0n) is 25.1. The number of benzene rings is 2. The van der Waals surface area contributed by atoms with E-state index in [-0.39, 0.29) is 5.91 Å². The van der Waals surface area contributed by atoms with Crippen LogP contribution in [0, 0.1) is 0 Å². The van der Waals surface area contributed by atoms with Gasteiger partial charge in [-0.3, -0.25) is 9.48 Å². The molecule has 2 aliphatic carbocycles. The summed E-state index contributed by atoms with van der Waals surface area (Å²) < 4.78 is 7.54. The molecule has 1 saturated heterocycles. The molecule has 1 aliphatic heterocycles. The first kappa shape index (κ1) is 27.4. The maximum absolute atomic E-state index is 13.6. The molecule has 43 heavy (non-hydrogen) atoms. The molecule has 1 fully saturated rings. The van der Waals surface area contributed by atoms with Crippen LogP contribution in [0.4, 0.5) is 23.0 Å². The summed E-state index contributed by atoms with van der Waals surface area (Å²) in [4.78, 5) is 27.9. The number of likely N-dealkylation sites (N-methyl/N-ethyl adjacent to an activating group) is 1. The molecule has 3 aliphatic rings. The number of hydrogen-bond donors (Lipinski definition) is 2. The largest absolute Gasteiger partial charge is 0.494 e. The molecule has 2 aromatic carbocycles. The van der Waals surface area contributed by atoms with Crippen LogP contribution >= 0.6 is 0 Å². The number of carbonyl (C=O) groups excluding carboxylic acids is 1. The molecule has 0 radical (unpaired) electrons. The van der Waals surface area contributed by atoms with Gasteiger partial charge in [-0.05, 0) is 80.5 Å². The minimum absolute atomic E-state index is 0.170. The number of aryl methyl sites for hydroxylation is 3. The van der Waals surface area contributed by atoms with E-state index in [9.17, 15) is 4.79 Å². The quantitative estimate of drug-likeness (QED) is 0.342. The lowest BCUT2D eigenvalue weighted by Crippen LogP contribution is -2.44. The van der Waals surface area contributed by atoms with E-state index in [1.54, 1.807) is 11.8 Å². The van der Waals surface area contributed by atoms with Gasteiger partial charge < -0.3 is 25.2 Å². The van der Waals surface area contributed by atoms with Gasteiger partial charge in [0.1, 0.15) is 5.75 Å². The van der Waals surface area contributed by atoms with Gasteiger partial charge >= 0.3 is 0 Å². The molecule has 0 saturated carbocycles. The molecule has 1 amide bonds. The van der Waals surface area contributed by atoms with Crippen LogP contribution in [0.15, 0.2) is 42.6 Å². The summed E-state index contributed by atoms with van der Waals surface area (Å²) in [7, 11) is 5.72. The first-order valence-corrected chi connectivity index (χ1v) is 15.2. The molecule has 7 rings (SSSR count). The number of fused-ring (bicyclic) bond motifs is 4. The predicted octanol–water partition coefficient (Wildman–Crippen LogP) is 4.61. The summed E-state index contributed by atoms with van der Waals surface area (Å²) in [6.45, 7) is 4.06. The molecule has 4 aromatic rings. The lowest BCUT2D eigenvalue weighted by atomic mass is 9.90. The summed E-state index contributed by atoms with van der Waals surface area (Å²) in [6.07, 6.45) is 7.75. The number of rotatable bonds is 6. The van der Waals surface area contributed by atoms with E-state index in [1.165, 1.54) is 17.5 Å². The van der Waals surface area contributed by atoms with Crippen LogP contribution in [-0.2, 0) is 32.7 Å². The van der Waals surface area contributed by atoms with Gasteiger partial charge in [0.2, 0.25) is 5.95 Å². The lowest BCUT2D eigenvalue weighted by Gasteiger charge is -2.34. The van der Waals surface area contributed by atoms with Crippen LogP contribution in [0.3, 0.4) is 0 Å². The van der Waals surface area contributed by atoms with Crippen molar-refractivity contribution >= 4 is 28.9 Å². The van der Waals surface area contributed by atoms with Gasteiger partial charge in [0.15, 0.2) is 5.69 Å². The molecule has 0 unspecified atom stereocenters. The smallest absolute Gasteiger partial charge is 0.276 e. The minimum Gasteiger partial charge on any atom is -0.494 e. The van der Waals surface area contributed by atoms with Crippen LogP contribution in [-0.4, -0.2) is 70.9 Å². The average Bonchev–Trinajstić information content (AvgIpc) is 3.38. The Balaban J connectivity index is 1.15. The number of nitrogens with zero attached hydrogens (tertiary/aromatic N) is 6. The normalized spacial score (nSPS) is 16.2. The van der Waals surface area contributed by atoms with Crippen LogP contribution < -0.4 is 20.3 Å².